The molecule has 1 aromatic heterocycles. The molecule has 4 rings (SSSR count). The fourth-order valence-electron chi connectivity index (χ4n) is 4.04. The largest absolute Gasteiger partial charge is 0.487 e. The maximum atomic E-state index is 11.6. The number of hydrogen-bond donors (Lipinski definition) is 1. The molecular formula is C26H28N2O4S. The minimum Gasteiger partial charge on any atom is -0.487 e. The number of oxime groups is 1. The molecule has 1 aliphatic rings. The van der Waals surface area contributed by atoms with E-state index in [2.05, 4.69) is 17.1 Å². The van der Waals surface area contributed by atoms with Gasteiger partial charge < -0.3 is 14.7 Å². The number of hydrogen-bond acceptors (Lipinski definition) is 6. The van der Waals surface area contributed by atoms with Gasteiger partial charge in [0.25, 0.3) is 0 Å². The van der Waals surface area contributed by atoms with Crippen LogP contribution in [0.25, 0.3) is 0 Å². The summed E-state index contributed by atoms with van der Waals surface area (Å²) in [6, 6.07) is 13.0. The van der Waals surface area contributed by atoms with Gasteiger partial charge in [-0.15, -0.1) is 11.3 Å². The molecule has 0 bridgehead atoms. The molecule has 0 spiro atoms. The number of ether oxygens (including phenoxy) is 1. The molecule has 0 saturated heterocycles. The van der Waals surface area contributed by atoms with Crippen molar-refractivity contribution in [3.05, 3.63) is 81.3 Å². The Balaban J connectivity index is 1.50. The first-order valence-electron chi connectivity index (χ1n) is 11.3. The zero-order valence-electron chi connectivity index (χ0n) is 18.6. The van der Waals surface area contributed by atoms with E-state index in [0.29, 0.717) is 6.61 Å². The zero-order valence-corrected chi connectivity index (χ0v) is 19.5. The Labute approximate surface area is 197 Å². The summed E-state index contributed by atoms with van der Waals surface area (Å²) >= 11 is 1.54. The molecule has 1 N–H and O–H groups in total. The van der Waals surface area contributed by atoms with Gasteiger partial charge in [-0.25, -0.2) is 9.78 Å². The molecule has 7 heteroatoms. The standard InChI is InChI=1S/C26H28N2O4S/c1-18(19-9-11-23(12-10-19)31-15-22-16-33-17-27-22)25-13-20(26(29)30)7-8-21(25)14-28-32-24-5-3-2-4-6-24/h7-14,16-18,24H,2-6,15H2,1H3,(H,29,30). The number of carboxylic acid groups (broad SMARTS) is 1. The van der Waals surface area contributed by atoms with Gasteiger partial charge in [-0.3, -0.25) is 0 Å². The van der Waals surface area contributed by atoms with E-state index in [-0.39, 0.29) is 17.6 Å². The van der Waals surface area contributed by atoms with E-state index in [1.54, 1.807) is 41.3 Å². The lowest BCUT2D eigenvalue weighted by Crippen LogP contribution is -2.14. The molecule has 1 atom stereocenters. The van der Waals surface area contributed by atoms with E-state index in [1.807, 2.05) is 29.6 Å². The number of carboxylic acids is 1. The highest BCUT2D eigenvalue weighted by Crippen LogP contribution is 2.29. The second-order valence-corrected chi connectivity index (χ2v) is 9.03. The van der Waals surface area contributed by atoms with Crippen LogP contribution in [-0.2, 0) is 11.4 Å². The van der Waals surface area contributed by atoms with E-state index in [1.165, 1.54) is 19.3 Å². The summed E-state index contributed by atoms with van der Waals surface area (Å²) in [6.45, 7) is 2.49. The van der Waals surface area contributed by atoms with Crippen LogP contribution in [-0.4, -0.2) is 28.4 Å². The molecule has 0 amide bonds. The topological polar surface area (TPSA) is 81.0 Å². The number of thiazole rings is 1. The lowest BCUT2D eigenvalue weighted by molar-refractivity contribution is 0.0340. The highest BCUT2D eigenvalue weighted by molar-refractivity contribution is 7.07. The van der Waals surface area contributed by atoms with Crippen LogP contribution in [0.2, 0.25) is 0 Å². The van der Waals surface area contributed by atoms with Crippen molar-refractivity contribution in [2.75, 3.05) is 0 Å². The van der Waals surface area contributed by atoms with Crippen molar-refractivity contribution in [2.45, 2.75) is 57.7 Å². The van der Waals surface area contributed by atoms with E-state index < -0.39 is 5.97 Å². The van der Waals surface area contributed by atoms with Crippen molar-refractivity contribution in [3.8, 4) is 5.75 Å². The van der Waals surface area contributed by atoms with Crippen LogP contribution in [0, 0.1) is 0 Å². The zero-order chi connectivity index (χ0) is 23.0. The minimum atomic E-state index is -0.948. The number of carbonyl (C=O) groups is 1. The van der Waals surface area contributed by atoms with Gasteiger partial charge in [-0.05, 0) is 66.6 Å². The van der Waals surface area contributed by atoms with Crippen LogP contribution in [0.1, 0.15) is 77.7 Å². The Morgan fingerprint density at radius 1 is 1.21 bits per heavy atom. The average molecular weight is 465 g/mol. The quantitative estimate of drug-likeness (QED) is 0.299. The van der Waals surface area contributed by atoms with E-state index in [4.69, 9.17) is 9.57 Å². The van der Waals surface area contributed by atoms with Gasteiger partial charge in [0.05, 0.1) is 23.0 Å². The highest BCUT2D eigenvalue weighted by Gasteiger charge is 2.17. The Kier molecular flexibility index (Phi) is 7.73. The summed E-state index contributed by atoms with van der Waals surface area (Å²) in [7, 11) is 0. The first-order valence-corrected chi connectivity index (χ1v) is 12.2. The van der Waals surface area contributed by atoms with Crippen molar-refractivity contribution < 1.29 is 19.5 Å². The summed E-state index contributed by atoms with van der Waals surface area (Å²) in [5.74, 6) is -0.217. The molecule has 0 radical (unpaired) electrons. The predicted molar refractivity (Wildman–Crippen MR) is 129 cm³/mol. The Hall–Kier alpha value is -3.19. The van der Waals surface area contributed by atoms with E-state index >= 15 is 0 Å². The summed E-state index contributed by atoms with van der Waals surface area (Å²) in [5, 5.41) is 15.7. The molecule has 1 unspecified atom stereocenters. The van der Waals surface area contributed by atoms with Gasteiger partial charge in [0, 0.05) is 11.3 Å². The molecule has 1 fully saturated rings. The third-order valence-electron chi connectivity index (χ3n) is 6.00. The first-order chi connectivity index (χ1) is 16.1. The highest BCUT2D eigenvalue weighted by atomic mass is 32.1. The van der Waals surface area contributed by atoms with Crippen molar-refractivity contribution in [2.24, 2.45) is 5.16 Å². The third-order valence-corrected chi connectivity index (χ3v) is 6.64. The fourth-order valence-corrected chi connectivity index (χ4v) is 4.59. The molecule has 172 valence electrons. The summed E-state index contributed by atoms with van der Waals surface area (Å²) in [4.78, 5) is 21.5. The molecule has 6 nitrogen and oxygen atoms in total. The first kappa shape index (κ1) is 23.0. The molecule has 0 aliphatic heterocycles. The van der Waals surface area contributed by atoms with Crippen LogP contribution in [0.15, 0.2) is 58.5 Å². The number of nitrogens with zero attached hydrogens (tertiary/aromatic N) is 2. The van der Waals surface area contributed by atoms with Gasteiger partial charge >= 0.3 is 5.97 Å². The smallest absolute Gasteiger partial charge is 0.335 e. The van der Waals surface area contributed by atoms with Crippen LogP contribution >= 0.6 is 11.3 Å². The maximum Gasteiger partial charge on any atom is 0.335 e. The lowest BCUT2D eigenvalue weighted by atomic mass is 9.88. The molecular weight excluding hydrogens is 436 g/mol. The molecule has 33 heavy (non-hydrogen) atoms. The predicted octanol–water partition coefficient (Wildman–Crippen LogP) is 6.26. The van der Waals surface area contributed by atoms with Crippen molar-refractivity contribution >= 4 is 23.5 Å². The second kappa shape index (κ2) is 11.1. The molecule has 2 aromatic carbocycles. The fraction of sp³-hybridized carbons (Fsp3) is 0.346. The van der Waals surface area contributed by atoms with Gasteiger partial charge in [-0.1, -0.05) is 36.7 Å². The van der Waals surface area contributed by atoms with Crippen LogP contribution in [0.4, 0.5) is 0 Å². The summed E-state index contributed by atoms with van der Waals surface area (Å²) in [6.07, 6.45) is 7.57. The van der Waals surface area contributed by atoms with Crippen LogP contribution in [0.5, 0.6) is 5.75 Å². The molecule has 1 heterocycles. The SMILES string of the molecule is CC(c1ccc(OCc2cscn2)cc1)c1cc(C(=O)O)ccc1C=NOC1CCCCC1. The number of aromatic nitrogens is 1. The van der Waals surface area contributed by atoms with Crippen LogP contribution in [0.3, 0.4) is 0 Å². The van der Waals surface area contributed by atoms with Gasteiger partial charge in [0.15, 0.2) is 0 Å². The van der Waals surface area contributed by atoms with Crippen molar-refractivity contribution in [1.29, 1.82) is 0 Å². The van der Waals surface area contributed by atoms with Crippen LogP contribution < -0.4 is 4.74 Å². The average Bonchev–Trinajstić information content (AvgIpc) is 3.37. The minimum absolute atomic E-state index is 0.0342. The van der Waals surface area contributed by atoms with Crippen molar-refractivity contribution in [3.63, 3.8) is 0 Å². The van der Waals surface area contributed by atoms with Crippen molar-refractivity contribution in [1.82, 2.24) is 4.98 Å². The Morgan fingerprint density at radius 3 is 2.70 bits per heavy atom. The van der Waals surface area contributed by atoms with Gasteiger partial charge in [0.1, 0.15) is 18.5 Å². The summed E-state index contributed by atoms with van der Waals surface area (Å²) < 4.78 is 5.80. The Bertz CT molecular complexity index is 1070. The monoisotopic (exact) mass is 464 g/mol. The molecule has 3 aromatic rings. The van der Waals surface area contributed by atoms with Gasteiger partial charge in [0.2, 0.25) is 0 Å². The normalized spacial score (nSPS) is 15.4. The molecule has 1 aliphatic carbocycles. The molecule has 1 saturated carbocycles. The third kappa shape index (κ3) is 6.20. The van der Waals surface area contributed by atoms with E-state index in [0.717, 1.165) is 41.0 Å². The maximum absolute atomic E-state index is 11.6. The van der Waals surface area contributed by atoms with E-state index in [9.17, 15) is 9.90 Å². The Morgan fingerprint density at radius 2 is 2.00 bits per heavy atom. The lowest BCUT2D eigenvalue weighted by Gasteiger charge is -2.19. The van der Waals surface area contributed by atoms with Gasteiger partial charge in [-0.2, -0.15) is 0 Å². The number of rotatable bonds is 9. The number of aromatic carboxylic acids is 1. The summed E-state index contributed by atoms with van der Waals surface area (Å²) in [5.41, 5.74) is 5.75. The second-order valence-electron chi connectivity index (χ2n) is 8.31. The number of benzene rings is 2.